The normalized spacial score (nSPS) is 10.9. The van der Waals surface area contributed by atoms with Crippen LogP contribution in [0, 0.1) is 0 Å². The molecule has 0 fully saturated rings. The van der Waals surface area contributed by atoms with Gasteiger partial charge in [-0.15, -0.1) is 5.11 Å². The van der Waals surface area contributed by atoms with E-state index >= 15 is 0 Å². The first kappa shape index (κ1) is 11.9. The van der Waals surface area contributed by atoms with Gasteiger partial charge in [0.2, 0.25) is 0 Å². The predicted octanol–water partition coefficient (Wildman–Crippen LogP) is 2.10. The summed E-state index contributed by atoms with van der Waals surface area (Å²) in [5.41, 5.74) is 5.79. The molecule has 0 bridgehead atoms. The third-order valence-electron chi connectivity index (χ3n) is 2.19. The van der Waals surface area contributed by atoms with Gasteiger partial charge in [0, 0.05) is 0 Å². The third kappa shape index (κ3) is 2.57. The molecule has 0 aliphatic carbocycles. The number of nitrogens with zero attached hydrogens (tertiary/aromatic N) is 2. The topological polar surface area (TPSA) is 109 Å². The van der Waals surface area contributed by atoms with Crippen LogP contribution in [0.5, 0.6) is 5.75 Å². The van der Waals surface area contributed by atoms with Crippen molar-refractivity contribution in [2.75, 3.05) is 12.3 Å². The van der Waals surface area contributed by atoms with E-state index < -0.39 is 5.56 Å². The highest BCUT2D eigenvalue weighted by Crippen LogP contribution is 2.21. The Labute approximate surface area is 103 Å². The molecule has 2 aromatic rings. The molecule has 7 nitrogen and oxygen atoms in total. The lowest BCUT2D eigenvalue weighted by atomic mass is 10.3. The average Bonchev–Trinajstić information content (AvgIpc) is 2.69. The Morgan fingerprint density at radius 2 is 1.94 bits per heavy atom. The number of rotatable bonds is 4. The van der Waals surface area contributed by atoms with Crippen molar-refractivity contribution in [2.24, 2.45) is 10.2 Å². The molecule has 0 unspecified atom stereocenters. The molecule has 1 aromatic carbocycles. The van der Waals surface area contributed by atoms with Gasteiger partial charge in [0.25, 0.3) is 5.56 Å². The van der Waals surface area contributed by atoms with Crippen molar-refractivity contribution in [3.05, 3.63) is 34.6 Å². The molecule has 0 atom stereocenters. The fraction of sp³-hybridized carbons (Fsp3) is 0.182. The Balaban J connectivity index is 2.16. The van der Waals surface area contributed by atoms with Crippen LogP contribution in [0.1, 0.15) is 6.92 Å². The molecule has 0 saturated heterocycles. The molecule has 18 heavy (non-hydrogen) atoms. The summed E-state index contributed by atoms with van der Waals surface area (Å²) in [6.45, 7) is 2.52. The number of aromatic nitrogens is 2. The van der Waals surface area contributed by atoms with Gasteiger partial charge < -0.3 is 10.5 Å². The van der Waals surface area contributed by atoms with E-state index in [1.54, 1.807) is 24.3 Å². The molecule has 0 aliphatic heterocycles. The van der Waals surface area contributed by atoms with Crippen molar-refractivity contribution < 1.29 is 4.74 Å². The quantitative estimate of drug-likeness (QED) is 0.719. The molecule has 0 spiro atoms. The van der Waals surface area contributed by atoms with Crippen LogP contribution in [0.3, 0.4) is 0 Å². The summed E-state index contributed by atoms with van der Waals surface area (Å²) in [7, 11) is 0. The molecule has 7 heteroatoms. The summed E-state index contributed by atoms with van der Waals surface area (Å²) in [5.74, 6) is 0.921. The standard InChI is InChI=1S/C11H13N5O2/c1-2-18-8-5-3-7(4-6-8)13-14-9-10(12)15-16-11(9)17/h3-6H,2H2,1H3,(H4,12,15,16,17). The first-order chi connectivity index (χ1) is 8.70. The van der Waals surface area contributed by atoms with Crippen LogP contribution in [0.4, 0.5) is 17.2 Å². The largest absolute Gasteiger partial charge is 0.494 e. The summed E-state index contributed by atoms with van der Waals surface area (Å²) in [4.78, 5) is 11.3. The van der Waals surface area contributed by atoms with Crippen LogP contribution in [0.2, 0.25) is 0 Å². The van der Waals surface area contributed by atoms with Crippen molar-refractivity contribution in [2.45, 2.75) is 6.92 Å². The lowest BCUT2D eigenvalue weighted by molar-refractivity contribution is 0.340. The maximum atomic E-state index is 11.3. The molecule has 0 aliphatic rings. The third-order valence-corrected chi connectivity index (χ3v) is 2.19. The number of anilines is 1. The summed E-state index contributed by atoms with van der Waals surface area (Å²) in [6, 6.07) is 7.04. The summed E-state index contributed by atoms with van der Waals surface area (Å²) in [5, 5.41) is 12.5. The van der Waals surface area contributed by atoms with Gasteiger partial charge in [0.15, 0.2) is 5.69 Å². The van der Waals surface area contributed by atoms with E-state index in [0.717, 1.165) is 5.75 Å². The smallest absolute Gasteiger partial charge is 0.293 e. The molecule has 1 aromatic heterocycles. The van der Waals surface area contributed by atoms with Crippen LogP contribution in [0.25, 0.3) is 0 Å². The van der Waals surface area contributed by atoms with Crippen molar-refractivity contribution >= 4 is 17.2 Å². The van der Waals surface area contributed by atoms with Crippen LogP contribution in [0.15, 0.2) is 39.3 Å². The number of nitrogens with one attached hydrogen (secondary N) is 2. The SMILES string of the molecule is CCOc1ccc(N=Nc2c(N)[nH][nH]c2=O)cc1. The van der Waals surface area contributed by atoms with Crippen molar-refractivity contribution in [3.63, 3.8) is 0 Å². The van der Waals surface area contributed by atoms with Crippen molar-refractivity contribution in [1.82, 2.24) is 10.2 Å². The van der Waals surface area contributed by atoms with E-state index in [4.69, 9.17) is 10.5 Å². The van der Waals surface area contributed by atoms with Gasteiger partial charge in [-0.1, -0.05) is 0 Å². The molecule has 0 saturated carbocycles. The fourth-order valence-electron chi connectivity index (χ4n) is 1.35. The van der Waals surface area contributed by atoms with E-state index in [2.05, 4.69) is 20.4 Å². The second-order valence-electron chi connectivity index (χ2n) is 3.47. The first-order valence-corrected chi connectivity index (χ1v) is 5.41. The fourth-order valence-corrected chi connectivity index (χ4v) is 1.35. The van der Waals surface area contributed by atoms with Crippen molar-refractivity contribution in [3.8, 4) is 5.75 Å². The lowest BCUT2D eigenvalue weighted by Gasteiger charge is -2.01. The first-order valence-electron chi connectivity index (χ1n) is 5.41. The predicted molar refractivity (Wildman–Crippen MR) is 67.6 cm³/mol. The van der Waals surface area contributed by atoms with Gasteiger partial charge in [-0.25, -0.2) is 0 Å². The molecule has 1 heterocycles. The zero-order valence-corrected chi connectivity index (χ0v) is 9.80. The van der Waals surface area contributed by atoms with Crippen molar-refractivity contribution in [1.29, 1.82) is 0 Å². The second kappa shape index (κ2) is 5.17. The molecule has 94 valence electrons. The maximum absolute atomic E-state index is 11.3. The molecule has 4 N–H and O–H groups in total. The number of nitrogens with two attached hydrogens (primary N) is 1. The number of aromatic amines is 2. The van der Waals surface area contributed by atoms with Gasteiger partial charge in [-0.3, -0.25) is 15.0 Å². The lowest BCUT2D eigenvalue weighted by Crippen LogP contribution is -1.96. The van der Waals surface area contributed by atoms with Gasteiger partial charge >= 0.3 is 0 Å². The minimum Gasteiger partial charge on any atom is -0.494 e. The van der Waals surface area contributed by atoms with Crippen LogP contribution in [-0.2, 0) is 0 Å². The summed E-state index contributed by atoms with van der Waals surface area (Å²) >= 11 is 0. The maximum Gasteiger partial charge on any atom is 0.293 e. The number of ether oxygens (including phenoxy) is 1. The number of hydrogen-bond donors (Lipinski definition) is 3. The highest BCUT2D eigenvalue weighted by atomic mass is 16.5. The number of hydrogen-bond acceptors (Lipinski definition) is 5. The highest BCUT2D eigenvalue weighted by Gasteiger charge is 2.04. The highest BCUT2D eigenvalue weighted by molar-refractivity contribution is 5.55. The molecular formula is C11H13N5O2. The molecular weight excluding hydrogens is 234 g/mol. The summed E-state index contributed by atoms with van der Waals surface area (Å²) < 4.78 is 5.30. The van der Waals surface area contributed by atoms with Crippen LogP contribution in [-0.4, -0.2) is 16.8 Å². The Bertz CT molecular complexity index is 597. The number of benzene rings is 1. The zero-order valence-electron chi connectivity index (χ0n) is 9.80. The average molecular weight is 247 g/mol. The Morgan fingerprint density at radius 1 is 1.22 bits per heavy atom. The Hall–Kier alpha value is -2.57. The minimum atomic E-state index is -0.401. The van der Waals surface area contributed by atoms with Gasteiger partial charge in [-0.05, 0) is 31.2 Å². The summed E-state index contributed by atoms with van der Waals surface area (Å²) in [6.07, 6.45) is 0. The molecule has 2 rings (SSSR count). The van der Waals surface area contributed by atoms with Crippen LogP contribution < -0.4 is 16.0 Å². The van der Waals surface area contributed by atoms with E-state index in [1.807, 2.05) is 6.92 Å². The number of azo groups is 1. The van der Waals surface area contributed by atoms with Gasteiger partial charge in [0.1, 0.15) is 11.6 Å². The Kier molecular flexibility index (Phi) is 3.42. The Morgan fingerprint density at radius 3 is 2.50 bits per heavy atom. The monoisotopic (exact) mass is 247 g/mol. The number of H-pyrrole nitrogens is 2. The van der Waals surface area contributed by atoms with E-state index in [-0.39, 0.29) is 11.5 Å². The number of nitrogen functional groups attached to an aromatic ring is 1. The van der Waals surface area contributed by atoms with Gasteiger partial charge in [0.05, 0.1) is 12.3 Å². The van der Waals surface area contributed by atoms with E-state index in [1.165, 1.54) is 0 Å². The van der Waals surface area contributed by atoms with E-state index in [0.29, 0.717) is 12.3 Å². The van der Waals surface area contributed by atoms with Gasteiger partial charge in [-0.2, -0.15) is 5.11 Å². The zero-order chi connectivity index (χ0) is 13.0. The second-order valence-corrected chi connectivity index (χ2v) is 3.47. The molecule has 0 amide bonds. The molecule has 0 radical (unpaired) electrons. The van der Waals surface area contributed by atoms with Crippen LogP contribution >= 0.6 is 0 Å². The minimum absolute atomic E-state index is 0.0730. The van der Waals surface area contributed by atoms with E-state index in [9.17, 15) is 4.79 Å².